The highest BCUT2D eigenvalue weighted by Gasteiger charge is 2.30. The van der Waals surface area contributed by atoms with Gasteiger partial charge < -0.3 is 14.5 Å². The lowest BCUT2D eigenvalue weighted by molar-refractivity contribution is 0.0501. The van der Waals surface area contributed by atoms with Crippen molar-refractivity contribution in [1.29, 1.82) is 5.41 Å². The Labute approximate surface area is 169 Å². The third-order valence-corrected chi connectivity index (χ3v) is 5.64. The minimum atomic E-state index is -0.287. The van der Waals surface area contributed by atoms with Crippen molar-refractivity contribution in [2.45, 2.75) is 32.2 Å². The summed E-state index contributed by atoms with van der Waals surface area (Å²) in [5, 5.41) is 8.20. The largest absolute Gasteiger partial charge is 0.375 e. The van der Waals surface area contributed by atoms with Crippen LogP contribution < -0.4 is 10.4 Å². The molecule has 1 N–H and O–H groups in total. The molecule has 4 rings (SSSR count). The van der Waals surface area contributed by atoms with Gasteiger partial charge in [0.2, 0.25) is 0 Å². The van der Waals surface area contributed by atoms with E-state index in [1.807, 2.05) is 21.9 Å². The van der Waals surface area contributed by atoms with Gasteiger partial charge >= 0.3 is 0 Å². The number of hydrogen-bond donors (Lipinski definition) is 1. The Bertz CT molecular complexity index is 1020. The summed E-state index contributed by atoms with van der Waals surface area (Å²) in [6.45, 7) is 3.57. The number of pyridine rings is 2. The van der Waals surface area contributed by atoms with Gasteiger partial charge in [-0.3, -0.25) is 19.6 Å². The van der Waals surface area contributed by atoms with E-state index in [1.165, 1.54) is 11.7 Å². The van der Waals surface area contributed by atoms with Crippen molar-refractivity contribution in [1.82, 2.24) is 14.5 Å². The molecule has 152 valence electrons. The first-order valence-corrected chi connectivity index (χ1v) is 9.86. The summed E-state index contributed by atoms with van der Waals surface area (Å²) < 4.78 is 6.13. The second-order valence-corrected chi connectivity index (χ2v) is 7.57. The summed E-state index contributed by atoms with van der Waals surface area (Å²) >= 11 is 0. The number of aryl methyl sites for hydroxylation is 1. The van der Waals surface area contributed by atoms with E-state index >= 15 is 0 Å². The average molecular weight is 395 g/mol. The fraction of sp³-hybridized carbons (Fsp3) is 0.429. The van der Waals surface area contributed by atoms with Crippen LogP contribution >= 0.6 is 0 Å². The molecule has 2 aromatic heterocycles. The van der Waals surface area contributed by atoms with Crippen molar-refractivity contribution in [2.75, 3.05) is 31.7 Å². The van der Waals surface area contributed by atoms with Gasteiger partial charge in [-0.2, -0.15) is 0 Å². The van der Waals surface area contributed by atoms with Gasteiger partial charge in [0.25, 0.3) is 11.8 Å². The molecule has 2 aliphatic heterocycles. The van der Waals surface area contributed by atoms with E-state index in [4.69, 9.17) is 10.1 Å². The molecule has 0 aliphatic carbocycles. The smallest absolute Gasteiger partial charge is 0.258 e. The fourth-order valence-electron chi connectivity index (χ4n) is 3.88. The third kappa shape index (κ3) is 3.55. The first-order chi connectivity index (χ1) is 14.0. The van der Waals surface area contributed by atoms with Crippen LogP contribution in [0.1, 0.15) is 40.5 Å². The van der Waals surface area contributed by atoms with Crippen LogP contribution in [-0.2, 0) is 11.2 Å². The summed E-state index contributed by atoms with van der Waals surface area (Å²) in [5.41, 5.74) is 2.57. The van der Waals surface area contributed by atoms with E-state index in [0.717, 1.165) is 49.4 Å². The van der Waals surface area contributed by atoms with Crippen LogP contribution in [-0.4, -0.2) is 59.1 Å². The first kappa shape index (κ1) is 19.3. The maximum atomic E-state index is 12.7. The fourth-order valence-corrected chi connectivity index (χ4v) is 3.88. The van der Waals surface area contributed by atoms with Crippen LogP contribution in [0.2, 0.25) is 0 Å². The van der Waals surface area contributed by atoms with Gasteiger partial charge in [-0.25, -0.2) is 4.98 Å². The number of fused-ring (bicyclic) bond motifs is 1. The molecule has 8 nitrogen and oxygen atoms in total. The molecule has 0 radical (unpaired) electrons. The normalized spacial score (nSPS) is 18.2. The number of nitrogens with zero attached hydrogens (tertiary/aromatic N) is 4. The molecular formula is C21H25N5O3. The van der Waals surface area contributed by atoms with E-state index < -0.39 is 0 Å². The van der Waals surface area contributed by atoms with Crippen LogP contribution in [0.5, 0.6) is 0 Å². The molecule has 0 saturated carbocycles. The highest BCUT2D eigenvalue weighted by molar-refractivity contribution is 5.95. The molecule has 8 heteroatoms. The summed E-state index contributed by atoms with van der Waals surface area (Å²) in [4.78, 5) is 33.2. The number of amides is 1. The molecule has 0 aromatic carbocycles. The number of anilines is 2. The molecule has 1 atom stereocenters. The van der Waals surface area contributed by atoms with Crippen molar-refractivity contribution in [3.05, 3.63) is 47.2 Å². The van der Waals surface area contributed by atoms with Gasteiger partial charge in [-0.05, 0) is 43.9 Å². The molecule has 4 heterocycles. The summed E-state index contributed by atoms with van der Waals surface area (Å²) in [7, 11) is 1.45. The Kier molecular flexibility index (Phi) is 5.19. The summed E-state index contributed by atoms with van der Waals surface area (Å²) in [5.74, 6) is 0.566. The lowest BCUT2D eigenvalue weighted by Crippen LogP contribution is -2.49. The predicted octanol–water partition coefficient (Wildman–Crippen LogP) is 1.97. The van der Waals surface area contributed by atoms with Crippen LogP contribution in [0.4, 0.5) is 11.5 Å². The van der Waals surface area contributed by atoms with Gasteiger partial charge in [0.15, 0.2) is 0 Å². The SMILES string of the molecule is COCC(=O)n1ccc(N2CCCc3cc(C(=O)N4CCC4C)cnc32)cc1=N. The Morgan fingerprint density at radius 2 is 2.14 bits per heavy atom. The number of carbonyl (C=O) groups excluding carboxylic acids is 2. The molecule has 1 amide bonds. The van der Waals surface area contributed by atoms with Gasteiger partial charge in [-0.15, -0.1) is 0 Å². The van der Waals surface area contributed by atoms with Crippen molar-refractivity contribution in [3.63, 3.8) is 0 Å². The second kappa shape index (κ2) is 7.79. The maximum Gasteiger partial charge on any atom is 0.258 e. The lowest BCUT2D eigenvalue weighted by Gasteiger charge is -2.39. The Morgan fingerprint density at radius 3 is 2.79 bits per heavy atom. The minimum Gasteiger partial charge on any atom is -0.375 e. The molecule has 2 aromatic rings. The molecule has 2 aliphatic rings. The second-order valence-electron chi connectivity index (χ2n) is 7.57. The van der Waals surface area contributed by atoms with Gasteiger partial charge in [0, 0.05) is 50.4 Å². The van der Waals surface area contributed by atoms with Crippen molar-refractivity contribution in [2.24, 2.45) is 0 Å². The van der Waals surface area contributed by atoms with Crippen molar-refractivity contribution in [3.8, 4) is 0 Å². The van der Waals surface area contributed by atoms with Crippen LogP contribution in [0.25, 0.3) is 0 Å². The van der Waals surface area contributed by atoms with Crippen LogP contribution in [0.3, 0.4) is 0 Å². The van der Waals surface area contributed by atoms with E-state index in [1.54, 1.807) is 18.5 Å². The molecule has 29 heavy (non-hydrogen) atoms. The molecule has 1 unspecified atom stereocenters. The summed E-state index contributed by atoms with van der Waals surface area (Å²) in [6, 6.07) is 5.71. The van der Waals surface area contributed by atoms with Crippen LogP contribution in [0, 0.1) is 5.41 Å². The standard InChI is InChI=1S/C21H25N5O3/c1-14-5-8-24(14)21(28)16-10-15-4-3-7-25(20(15)23-12-16)17-6-9-26(18(22)11-17)19(27)13-29-2/h6,9-12,14,22H,3-5,7-8,13H2,1-2H3. The van der Waals surface area contributed by atoms with Crippen molar-refractivity contribution < 1.29 is 14.3 Å². The third-order valence-electron chi connectivity index (χ3n) is 5.64. The van der Waals surface area contributed by atoms with Crippen molar-refractivity contribution >= 4 is 23.3 Å². The Morgan fingerprint density at radius 1 is 1.31 bits per heavy atom. The quantitative estimate of drug-likeness (QED) is 0.855. The Hall–Kier alpha value is -3.00. The van der Waals surface area contributed by atoms with Crippen LogP contribution in [0.15, 0.2) is 30.6 Å². The van der Waals surface area contributed by atoms with E-state index in [-0.39, 0.29) is 23.9 Å². The van der Waals surface area contributed by atoms with Gasteiger partial charge in [0.1, 0.15) is 17.9 Å². The number of methoxy groups -OCH3 is 1. The number of nitrogens with one attached hydrogen (secondary N) is 1. The number of aromatic nitrogens is 2. The highest BCUT2D eigenvalue weighted by Crippen LogP contribution is 2.32. The maximum absolute atomic E-state index is 12.7. The minimum absolute atomic E-state index is 0.0435. The van der Waals surface area contributed by atoms with E-state index in [0.29, 0.717) is 11.6 Å². The molecule has 0 spiro atoms. The average Bonchev–Trinajstić information content (AvgIpc) is 2.71. The first-order valence-electron chi connectivity index (χ1n) is 9.86. The number of likely N-dealkylation sites (tertiary alicyclic amines) is 1. The zero-order valence-corrected chi connectivity index (χ0v) is 16.7. The van der Waals surface area contributed by atoms with Gasteiger partial charge in [-0.1, -0.05) is 0 Å². The molecule has 0 bridgehead atoms. The lowest BCUT2D eigenvalue weighted by atomic mass is 10.0. The Balaban J connectivity index is 1.62. The number of hydrogen-bond acceptors (Lipinski definition) is 6. The number of carbonyl (C=O) groups is 2. The van der Waals surface area contributed by atoms with Gasteiger partial charge in [0.05, 0.1) is 5.56 Å². The highest BCUT2D eigenvalue weighted by atomic mass is 16.5. The zero-order valence-electron chi connectivity index (χ0n) is 16.7. The molecular weight excluding hydrogens is 370 g/mol. The zero-order chi connectivity index (χ0) is 20.5. The number of ether oxygens (including phenoxy) is 1. The summed E-state index contributed by atoms with van der Waals surface area (Å²) in [6.07, 6.45) is 6.09. The molecule has 1 fully saturated rings. The van der Waals surface area contributed by atoms with E-state index in [9.17, 15) is 9.59 Å². The van der Waals surface area contributed by atoms with E-state index in [2.05, 4.69) is 11.9 Å². The topological polar surface area (TPSA) is 91.5 Å². The monoisotopic (exact) mass is 395 g/mol. The molecule has 1 saturated heterocycles. The number of rotatable bonds is 4. The predicted molar refractivity (Wildman–Crippen MR) is 107 cm³/mol.